The third-order valence-electron chi connectivity index (χ3n) is 1.36. The molecule has 0 atom stereocenters. The molecule has 0 amide bonds. The third kappa shape index (κ3) is 2.42. The smallest absolute Gasteiger partial charge is 0.0358 e. The minimum Gasteiger partial charge on any atom is -0.0358 e. The summed E-state index contributed by atoms with van der Waals surface area (Å²) in [6.07, 6.45) is 9.11. The SMILES string of the molecule is C[S+](C)c1ccc([S+](C)C)s1. The van der Waals surface area contributed by atoms with Crippen LogP contribution >= 0.6 is 11.3 Å². The Hall–Kier alpha value is 0.400. The van der Waals surface area contributed by atoms with Gasteiger partial charge in [-0.3, -0.25) is 0 Å². The summed E-state index contributed by atoms with van der Waals surface area (Å²) in [5, 5.41) is 0. The van der Waals surface area contributed by atoms with Crippen LogP contribution in [-0.4, -0.2) is 25.0 Å². The van der Waals surface area contributed by atoms with Gasteiger partial charge in [0.05, 0.1) is 0 Å². The van der Waals surface area contributed by atoms with E-state index in [1.54, 1.807) is 8.42 Å². The van der Waals surface area contributed by atoms with Gasteiger partial charge in [-0.1, -0.05) is 0 Å². The quantitative estimate of drug-likeness (QED) is 0.651. The van der Waals surface area contributed by atoms with Gasteiger partial charge in [0, 0.05) is 33.9 Å². The van der Waals surface area contributed by atoms with Crippen LogP contribution in [0, 0.1) is 0 Å². The first kappa shape index (κ1) is 9.49. The van der Waals surface area contributed by atoms with E-state index in [1.165, 1.54) is 0 Å². The van der Waals surface area contributed by atoms with Gasteiger partial charge in [-0.2, -0.15) is 0 Å². The topological polar surface area (TPSA) is 0 Å². The van der Waals surface area contributed by atoms with E-state index in [2.05, 4.69) is 37.2 Å². The van der Waals surface area contributed by atoms with Crippen LogP contribution in [0.2, 0.25) is 0 Å². The molecule has 0 fully saturated rings. The fraction of sp³-hybridized carbons (Fsp3) is 0.500. The highest BCUT2D eigenvalue weighted by molar-refractivity contribution is 7.99. The second kappa shape index (κ2) is 3.87. The Labute approximate surface area is 78.7 Å². The van der Waals surface area contributed by atoms with Gasteiger partial charge < -0.3 is 0 Å². The Bertz CT molecular complexity index is 202. The molecule has 1 aromatic heterocycles. The van der Waals surface area contributed by atoms with Gasteiger partial charge in [-0.25, -0.2) is 0 Å². The van der Waals surface area contributed by atoms with E-state index in [9.17, 15) is 0 Å². The van der Waals surface area contributed by atoms with E-state index < -0.39 is 0 Å². The predicted octanol–water partition coefficient (Wildman–Crippen LogP) is 2.22. The van der Waals surface area contributed by atoms with Gasteiger partial charge in [0.25, 0.3) is 0 Å². The van der Waals surface area contributed by atoms with E-state index in [0.717, 1.165) is 0 Å². The van der Waals surface area contributed by atoms with Crippen LogP contribution in [0.4, 0.5) is 0 Å². The Morgan fingerprint density at radius 1 is 0.909 bits per heavy atom. The van der Waals surface area contributed by atoms with Crippen molar-refractivity contribution < 1.29 is 0 Å². The zero-order valence-corrected chi connectivity index (χ0v) is 9.83. The lowest BCUT2D eigenvalue weighted by Gasteiger charge is -1.88. The summed E-state index contributed by atoms with van der Waals surface area (Å²) in [7, 11) is 0.897. The molecule has 0 aliphatic heterocycles. The molecule has 3 heteroatoms. The molecule has 1 aromatic rings. The van der Waals surface area contributed by atoms with Gasteiger partial charge in [-0.05, 0) is 11.3 Å². The van der Waals surface area contributed by atoms with Gasteiger partial charge in [0.15, 0.2) is 0 Å². The zero-order valence-electron chi connectivity index (χ0n) is 7.38. The summed E-state index contributed by atoms with van der Waals surface area (Å²) < 4.78 is 3.09. The summed E-state index contributed by atoms with van der Waals surface area (Å²) in [4.78, 5) is 0. The number of rotatable bonds is 2. The molecule has 0 aliphatic carbocycles. The van der Waals surface area contributed by atoms with Crippen molar-refractivity contribution in [1.29, 1.82) is 0 Å². The summed E-state index contributed by atoms with van der Waals surface area (Å²) in [6, 6.07) is 4.55. The molecule has 11 heavy (non-hydrogen) atoms. The molecule has 1 heterocycles. The first-order valence-corrected chi connectivity index (χ1v) is 8.26. The van der Waals surface area contributed by atoms with Crippen molar-refractivity contribution in [3.8, 4) is 0 Å². The van der Waals surface area contributed by atoms with Gasteiger partial charge in [0.1, 0.15) is 25.0 Å². The van der Waals surface area contributed by atoms with Gasteiger partial charge in [-0.15, -0.1) is 0 Å². The van der Waals surface area contributed by atoms with Crippen LogP contribution in [0.25, 0.3) is 0 Å². The first-order chi connectivity index (χ1) is 5.11. The van der Waals surface area contributed by atoms with E-state index in [1.807, 2.05) is 11.3 Å². The van der Waals surface area contributed by atoms with Gasteiger partial charge in [0.2, 0.25) is 8.42 Å². The fourth-order valence-electron chi connectivity index (χ4n) is 0.742. The molecule has 0 saturated carbocycles. The lowest BCUT2D eigenvalue weighted by Crippen LogP contribution is -1.91. The molecule has 0 aromatic carbocycles. The van der Waals surface area contributed by atoms with Crippen molar-refractivity contribution in [3.05, 3.63) is 12.1 Å². The molecule has 1 rings (SSSR count). The van der Waals surface area contributed by atoms with Crippen LogP contribution in [0.3, 0.4) is 0 Å². The molecule has 0 spiro atoms. The number of thiophene rings is 1. The second-order valence-electron chi connectivity index (χ2n) is 2.71. The zero-order chi connectivity index (χ0) is 8.43. The van der Waals surface area contributed by atoms with E-state index in [4.69, 9.17) is 0 Å². The second-order valence-corrected chi connectivity index (χ2v) is 8.45. The highest BCUT2D eigenvalue weighted by Gasteiger charge is 2.17. The van der Waals surface area contributed by atoms with Crippen molar-refractivity contribution in [1.82, 2.24) is 0 Å². The van der Waals surface area contributed by atoms with Crippen LogP contribution in [0.15, 0.2) is 20.6 Å². The fourth-order valence-corrected chi connectivity index (χ4v) is 3.92. The van der Waals surface area contributed by atoms with Crippen molar-refractivity contribution in [3.63, 3.8) is 0 Å². The average molecular weight is 206 g/mol. The monoisotopic (exact) mass is 206 g/mol. The van der Waals surface area contributed by atoms with Crippen molar-refractivity contribution in [2.24, 2.45) is 0 Å². The van der Waals surface area contributed by atoms with Gasteiger partial charge >= 0.3 is 0 Å². The standard InChI is InChI=1S/C8H14S3/c1-10(2)7-5-6-8(9-7)11(3)4/h5-6H,1-4H3/q+2. The third-order valence-corrected chi connectivity index (χ3v) is 6.42. The molecule has 0 nitrogen and oxygen atoms in total. The minimum atomic E-state index is 0.448. The molecular formula is C8H14S3+2. The molecule has 0 unspecified atom stereocenters. The molecule has 0 aliphatic rings. The maximum absolute atomic E-state index is 2.28. The molecule has 62 valence electrons. The van der Waals surface area contributed by atoms with E-state index in [-0.39, 0.29) is 0 Å². The normalized spacial score (nSPS) is 11.5. The van der Waals surface area contributed by atoms with Crippen LogP contribution in [-0.2, 0) is 21.8 Å². The maximum atomic E-state index is 2.28. The Balaban J connectivity index is 2.82. The molecule has 0 saturated heterocycles. The van der Waals surface area contributed by atoms with Crippen molar-refractivity contribution in [2.75, 3.05) is 25.0 Å². The largest absolute Gasteiger partial charge is 0.212 e. The number of hydrogen-bond acceptors (Lipinski definition) is 1. The average Bonchev–Trinajstić information content (AvgIpc) is 2.33. The minimum absolute atomic E-state index is 0.448. The Morgan fingerprint density at radius 3 is 1.45 bits per heavy atom. The summed E-state index contributed by atoms with van der Waals surface area (Å²) in [6.45, 7) is 0. The molecule has 0 bridgehead atoms. The molecular weight excluding hydrogens is 192 g/mol. The Kier molecular flexibility index (Phi) is 3.34. The maximum Gasteiger partial charge on any atom is 0.212 e. The van der Waals surface area contributed by atoms with Crippen LogP contribution in [0.1, 0.15) is 0 Å². The predicted molar refractivity (Wildman–Crippen MR) is 59.3 cm³/mol. The van der Waals surface area contributed by atoms with Crippen molar-refractivity contribution in [2.45, 2.75) is 8.42 Å². The molecule has 0 N–H and O–H groups in total. The summed E-state index contributed by atoms with van der Waals surface area (Å²) in [5.74, 6) is 0. The lowest BCUT2D eigenvalue weighted by atomic mass is 10.7. The van der Waals surface area contributed by atoms with Crippen LogP contribution < -0.4 is 0 Å². The molecule has 0 radical (unpaired) electrons. The highest BCUT2D eigenvalue weighted by Crippen LogP contribution is 2.25. The van der Waals surface area contributed by atoms with E-state index in [0.29, 0.717) is 21.8 Å². The summed E-state index contributed by atoms with van der Waals surface area (Å²) >= 11 is 1.97. The highest BCUT2D eigenvalue weighted by atomic mass is 32.2. The first-order valence-electron chi connectivity index (χ1n) is 3.36. The van der Waals surface area contributed by atoms with Crippen molar-refractivity contribution >= 4 is 33.1 Å². The van der Waals surface area contributed by atoms with E-state index >= 15 is 0 Å². The van der Waals surface area contributed by atoms with Crippen LogP contribution in [0.5, 0.6) is 0 Å². The summed E-state index contributed by atoms with van der Waals surface area (Å²) in [5.41, 5.74) is 0. The number of hydrogen-bond donors (Lipinski definition) is 0. The lowest BCUT2D eigenvalue weighted by molar-refractivity contribution is 1.66. The Morgan fingerprint density at radius 2 is 1.27 bits per heavy atom.